The first kappa shape index (κ1) is 16.3. The van der Waals surface area contributed by atoms with Crippen molar-refractivity contribution in [3.05, 3.63) is 29.3 Å². The van der Waals surface area contributed by atoms with Crippen LogP contribution in [0.4, 0.5) is 0 Å². The first-order valence-electron chi connectivity index (χ1n) is 7.80. The molecule has 2 heterocycles. The third-order valence-corrected chi connectivity index (χ3v) is 4.51. The molecule has 0 aromatic heterocycles. The lowest BCUT2D eigenvalue weighted by Gasteiger charge is -2.21. The van der Waals surface area contributed by atoms with Crippen molar-refractivity contribution in [2.45, 2.75) is 32.6 Å². The van der Waals surface area contributed by atoms with E-state index >= 15 is 0 Å². The molecule has 1 aromatic carbocycles. The van der Waals surface area contributed by atoms with E-state index in [1.807, 2.05) is 18.2 Å². The Hall–Kier alpha value is -1.06. The van der Waals surface area contributed by atoms with E-state index in [2.05, 4.69) is 11.8 Å². The molecule has 1 fully saturated rings. The summed E-state index contributed by atoms with van der Waals surface area (Å²) in [4.78, 5) is 15.1. The molecule has 0 aliphatic carbocycles. The number of nitrogens with zero attached hydrogens (tertiary/aromatic N) is 1. The molecule has 3 nitrogen and oxygen atoms in total. The number of benzene rings is 1. The number of rotatable bonds is 5. The molecule has 2 aliphatic rings. The molecule has 1 aromatic rings. The summed E-state index contributed by atoms with van der Waals surface area (Å²) in [5.74, 6) is 1.39. The lowest BCUT2D eigenvalue weighted by atomic mass is 9.93. The first-order chi connectivity index (χ1) is 9.78. The van der Waals surface area contributed by atoms with Gasteiger partial charge in [-0.3, -0.25) is 4.79 Å². The highest BCUT2D eigenvalue weighted by Gasteiger charge is 2.24. The first-order valence-corrected chi connectivity index (χ1v) is 7.80. The summed E-state index contributed by atoms with van der Waals surface area (Å²) in [6, 6.07) is 5.93. The number of halogens is 1. The quantitative estimate of drug-likeness (QED) is 0.781. The fraction of sp³-hybridized carbons (Fsp3) is 0.588. The van der Waals surface area contributed by atoms with Crippen molar-refractivity contribution < 1.29 is 9.53 Å². The van der Waals surface area contributed by atoms with Crippen LogP contribution in [-0.4, -0.2) is 36.9 Å². The Morgan fingerprint density at radius 1 is 1.33 bits per heavy atom. The minimum Gasteiger partial charge on any atom is -0.493 e. The molecule has 1 atom stereocenters. The van der Waals surface area contributed by atoms with Gasteiger partial charge in [-0.2, -0.15) is 0 Å². The van der Waals surface area contributed by atoms with E-state index in [1.54, 1.807) is 0 Å². The standard InChI is InChI=1S/C17H23NO2.ClH/c1-2-13(12-18-8-3-4-9-18)17(19)15-5-6-16-14(11-15)7-10-20-16;/h5-6,11,13H,2-4,7-10,12H2,1H3;1H. The summed E-state index contributed by atoms with van der Waals surface area (Å²) in [6.45, 7) is 6.10. The summed E-state index contributed by atoms with van der Waals surface area (Å²) in [5, 5.41) is 0. The van der Waals surface area contributed by atoms with Gasteiger partial charge in [0, 0.05) is 24.4 Å². The van der Waals surface area contributed by atoms with E-state index in [0.717, 1.165) is 50.4 Å². The van der Waals surface area contributed by atoms with Crippen LogP contribution in [0.25, 0.3) is 0 Å². The Morgan fingerprint density at radius 2 is 2.10 bits per heavy atom. The Kier molecular flexibility index (Phi) is 5.65. The number of likely N-dealkylation sites (tertiary alicyclic amines) is 1. The van der Waals surface area contributed by atoms with Gasteiger partial charge in [0.25, 0.3) is 0 Å². The molecule has 0 radical (unpaired) electrons. The largest absolute Gasteiger partial charge is 0.493 e. The minimum absolute atomic E-state index is 0. The normalized spacial score (nSPS) is 18.7. The number of carbonyl (C=O) groups excluding carboxylic acids is 1. The van der Waals surface area contributed by atoms with Crippen LogP contribution in [0, 0.1) is 5.92 Å². The molecule has 4 heteroatoms. The lowest BCUT2D eigenvalue weighted by Crippen LogP contribution is -2.31. The summed E-state index contributed by atoms with van der Waals surface area (Å²) in [6.07, 6.45) is 4.41. The summed E-state index contributed by atoms with van der Waals surface area (Å²) in [5.41, 5.74) is 2.05. The van der Waals surface area contributed by atoms with Crippen LogP contribution in [0.3, 0.4) is 0 Å². The number of carbonyl (C=O) groups is 1. The minimum atomic E-state index is 0. The monoisotopic (exact) mass is 309 g/mol. The van der Waals surface area contributed by atoms with Crippen molar-refractivity contribution in [1.82, 2.24) is 4.90 Å². The van der Waals surface area contributed by atoms with Crippen LogP contribution in [-0.2, 0) is 6.42 Å². The second kappa shape index (κ2) is 7.28. The summed E-state index contributed by atoms with van der Waals surface area (Å²) >= 11 is 0. The highest BCUT2D eigenvalue weighted by Crippen LogP contribution is 2.27. The predicted octanol–water partition coefficient (Wildman–Crippen LogP) is 3.35. The highest BCUT2D eigenvalue weighted by molar-refractivity contribution is 5.98. The van der Waals surface area contributed by atoms with Crippen LogP contribution in [0.15, 0.2) is 18.2 Å². The van der Waals surface area contributed by atoms with Gasteiger partial charge in [-0.05, 0) is 56.1 Å². The van der Waals surface area contributed by atoms with Gasteiger partial charge >= 0.3 is 0 Å². The molecule has 116 valence electrons. The van der Waals surface area contributed by atoms with Crippen molar-refractivity contribution in [3.63, 3.8) is 0 Å². The molecule has 0 spiro atoms. The number of fused-ring (bicyclic) bond motifs is 1. The molecule has 0 bridgehead atoms. The molecule has 0 N–H and O–H groups in total. The van der Waals surface area contributed by atoms with Gasteiger partial charge in [0.05, 0.1) is 6.61 Å². The van der Waals surface area contributed by atoms with E-state index in [-0.39, 0.29) is 18.3 Å². The summed E-state index contributed by atoms with van der Waals surface area (Å²) in [7, 11) is 0. The average molecular weight is 310 g/mol. The van der Waals surface area contributed by atoms with Crippen LogP contribution < -0.4 is 4.74 Å². The van der Waals surface area contributed by atoms with Crippen molar-refractivity contribution in [2.75, 3.05) is 26.2 Å². The molecule has 0 amide bonds. The molecule has 2 aliphatic heterocycles. The fourth-order valence-electron chi connectivity index (χ4n) is 3.25. The maximum atomic E-state index is 12.7. The number of ketones is 1. The van der Waals surface area contributed by atoms with Gasteiger partial charge in [-0.25, -0.2) is 0 Å². The van der Waals surface area contributed by atoms with Crippen molar-refractivity contribution >= 4 is 18.2 Å². The SMILES string of the molecule is CCC(CN1CCCC1)C(=O)c1ccc2c(c1)CCO2.Cl. The Balaban J connectivity index is 0.00000161. The smallest absolute Gasteiger partial charge is 0.167 e. The highest BCUT2D eigenvalue weighted by atomic mass is 35.5. The maximum Gasteiger partial charge on any atom is 0.167 e. The number of ether oxygens (including phenoxy) is 1. The predicted molar refractivity (Wildman–Crippen MR) is 86.7 cm³/mol. The van der Waals surface area contributed by atoms with Gasteiger partial charge in [-0.1, -0.05) is 6.92 Å². The molecular formula is C17H24ClNO2. The number of hydrogen-bond donors (Lipinski definition) is 0. The van der Waals surface area contributed by atoms with Crippen LogP contribution in [0.2, 0.25) is 0 Å². The Morgan fingerprint density at radius 3 is 2.81 bits per heavy atom. The summed E-state index contributed by atoms with van der Waals surface area (Å²) < 4.78 is 5.51. The second-order valence-corrected chi connectivity index (χ2v) is 5.90. The van der Waals surface area contributed by atoms with Gasteiger partial charge in [-0.15, -0.1) is 12.4 Å². The zero-order valence-corrected chi connectivity index (χ0v) is 13.5. The zero-order chi connectivity index (χ0) is 13.9. The Labute approximate surface area is 133 Å². The molecule has 0 saturated carbocycles. The van der Waals surface area contributed by atoms with E-state index < -0.39 is 0 Å². The van der Waals surface area contributed by atoms with Gasteiger partial charge < -0.3 is 9.64 Å². The van der Waals surface area contributed by atoms with Crippen LogP contribution >= 0.6 is 12.4 Å². The van der Waals surface area contributed by atoms with Crippen LogP contribution in [0.5, 0.6) is 5.75 Å². The van der Waals surface area contributed by atoms with Crippen molar-refractivity contribution in [3.8, 4) is 5.75 Å². The Bertz CT molecular complexity index is 498. The topological polar surface area (TPSA) is 29.5 Å². The molecule has 1 saturated heterocycles. The third-order valence-electron chi connectivity index (χ3n) is 4.51. The second-order valence-electron chi connectivity index (χ2n) is 5.90. The van der Waals surface area contributed by atoms with E-state index in [1.165, 1.54) is 18.4 Å². The average Bonchev–Trinajstić information content (AvgIpc) is 3.14. The molecule has 21 heavy (non-hydrogen) atoms. The van der Waals surface area contributed by atoms with E-state index in [9.17, 15) is 4.79 Å². The molecular weight excluding hydrogens is 286 g/mol. The zero-order valence-electron chi connectivity index (χ0n) is 12.6. The maximum absolute atomic E-state index is 12.7. The van der Waals surface area contributed by atoms with E-state index in [4.69, 9.17) is 4.74 Å². The van der Waals surface area contributed by atoms with Gasteiger partial charge in [0.1, 0.15) is 5.75 Å². The third kappa shape index (κ3) is 3.58. The fourth-order valence-corrected chi connectivity index (χ4v) is 3.25. The van der Waals surface area contributed by atoms with Crippen molar-refractivity contribution in [2.24, 2.45) is 5.92 Å². The van der Waals surface area contributed by atoms with Crippen LogP contribution in [0.1, 0.15) is 42.1 Å². The number of hydrogen-bond acceptors (Lipinski definition) is 3. The van der Waals surface area contributed by atoms with E-state index in [0.29, 0.717) is 5.78 Å². The lowest BCUT2D eigenvalue weighted by molar-refractivity contribution is 0.0885. The van der Waals surface area contributed by atoms with Crippen molar-refractivity contribution in [1.29, 1.82) is 0 Å². The van der Waals surface area contributed by atoms with Gasteiger partial charge in [0.2, 0.25) is 0 Å². The number of Topliss-reactive ketones (excluding diaryl/α,β-unsaturated/α-hetero) is 1. The molecule has 1 unspecified atom stereocenters. The molecule has 3 rings (SSSR count). The van der Waals surface area contributed by atoms with Gasteiger partial charge in [0.15, 0.2) is 5.78 Å².